The lowest BCUT2D eigenvalue weighted by atomic mass is 10.1. The van der Waals surface area contributed by atoms with Crippen molar-refractivity contribution in [1.82, 2.24) is 14.8 Å². The van der Waals surface area contributed by atoms with Gasteiger partial charge in [-0.15, -0.1) is 0 Å². The van der Waals surface area contributed by atoms with Crippen molar-refractivity contribution in [3.63, 3.8) is 0 Å². The van der Waals surface area contributed by atoms with Crippen LogP contribution >= 0.6 is 0 Å². The van der Waals surface area contributed by atoms with Crippen LogP contribution in [0.4, 0.5) is 0 Å². The smallest absolute Gasteiger partial charge is 0.227 e. The zero-order valence-corrected chi connectivity index (χ0v) is 14.9. The fourth-order valence-electron chi connectivity index (χ4n) is 3.04. The topological polar surface area (TPSA) is 62.7 Å². The van der Waals surface area contributed by atoms with Crippen LogP contribution in [0.25, 0.3) is 0 Å². The van der Waals surface area contributed by atoms with Crippen molar-refractivity contribution in [2.75, 3.05) is 26.7 Å². The third-order valence-corrected chi connectivity index (χ3v) is 4.50. The van der Waals surface area contributed by atoms with E-state index in [0.717, 1.165) is 11.3 Å². The summed E-state index contributed by atoms with van der Waals surface area (Å²) in [4.78, 5) is 32.2. The Bertz CT molecular complexity index is 736. The van der Waals surface area contributed by atoms with E-state index in [1.54, 1.807) is 29.2 Å². The number of rotatable bonds is 7. The Morgan fingerprint density at radius 2 is 1.96 bits per heavy atom. The first-order valence-electron chi connectivity index (χ1n) is 8.73. The standard InChI is InChI=1S/C20H23N3O3/c1-22(11-12-26-18-5-3-2-4-6-18)20(25)17-13-19(24)23(15-17)14-16-7-9-21-10-8-16/h2-10,17H,11-15H2,1H3. The van der Waals surface area contributed by atoms with E-state index in [1.807, 2.05) is 42.5 Å². The fourth-order valence-corrected chi connectivity index (χ4v) is 3.04. The number of pyridine rings is 1. The van der Waals surface area contributed by atoms with Crippen LogP contribution in [0.15, 0.2) is 54.9 Å². The number of carbonyl (C=O) groups excluding carboxylic acids is 2. The number of ether oxygens (including phenoxy) is 1. The number of likely N-dealkylation sites (N-methyl/N-ethyl adjacent to an activating group) is 1. The molecule has 2 heterocycles. The third kappa shape index (κ3) is 4.59. The van der Waals surface area contributed by atoms with E-state index in [1.165, 1.54) is 0 Å². The second-order valence-electron chi connectivity index (χ2n) is 6.45. The molecule has 0 N–H and O–H groups in total. The molecule has 1 aromatic heterocycles. The Kier molecular flexibility index (Phi) is 5.84. The number of aromatic nitrogens is 1. The average Bonchev–Trinajstić information content (AvgIpc) is 3.03. The van der Waals surface area contributed by atoms with Crippen molar-refractivity contribution >= 4 is 11.8 Å². The van der Waals surface area contributed by atoms with Gasteiger partial charge in [0.15, 0.2) is 0 Å². The fraction of sp³-hybridized carbons (Fsp3) is 0.350. The molecule has 1 aromatic carbocycles. The molecule has 1 aliphatic rings. The van der Waals surface area contributed by atoms with Crippen molar-refractivity contribution < 1.29 is 14.3 Å². The average molecular weight is 353 g/mol. The van der Waals surface area contributed by atoms with Crippen LogP contribution in [0.1, 0.15) is 12.0 Å². The van der Waals surface area contributed by atoms with Gasteiger partial charge < -0.3 is 14.5 Å². The van der Waals surface area contributed by atoms with Crippen LogP contribution in [0.3, 0.4) is 0 Å². The van der Waals surface area contributed by atoms with Crippen molar-refractivity contribution in [3.8, 4) is 5.75 Å². The molecule has 0 aliphatic carbocycles. The van der Waals surface area contributed by atoms with E-state index < -0.39 is 0 Å². The highest BCUT2D eigenvalue weighted by atomic mass is 16.5. The molecular weight excluding hydrogens is 330 g/mol. The Balaban J connectivity index is 1.47. The predicted octanol–water partition coefficient (Wildman–Crippen LogP) is 1.97. The maximum absolute atomic E-state index is 12.6. The molecule has 1 fully saturated rings. The van der Waals surface area contributed by atoms with Crippen LogP contribution in [0, 0.1) is 5.92 Å². The number of likely N-dealkylation sites (tertiary alicyclic amines) is 1. The summed E-state index contributed by atoms with van der Waals surface area (Å²) < 4.78 is 5.63. The normalized spacial score (nSPS) is 16.6. The molecule has 0 saturated carbocycles. The molecule has 3 rings (SSSR count). The van der Waals surface area contributed by atoms with Gasteiger partial charge >= 0.3 is 0 Å². The quantitative estimate of drug-likeness (QED) is 0.763. The van der Waals surface area contributed by atoms with Gasteiger partial charge in [-0.05, 0) is 29.8 Å². The summed E-state index contributed by atoms with van der Waals surface area (Å²) >= 11 is 0. The number of amides is 2. The Labute approximate surface area is 153 Å². The highest BCUT2D eigenvalue weighted by Gasteiger charge is 2.35. The van der Waals surface area contributed by atoms with Gasteiger partial charge in [-0.2, -0.15) is 0 Å². The number of benzene rings is 1. The van der Waals surface area contributed by atoms with Crippen LogP contribution in [0.5, 0.6) is 5.75 Å². The molecule has 0 radical (unpaired) electrons. The number of hydrogen-bond acceptors (Lipinski definition) is 4. The highest BCUT2D eigenvalue weighted by Crippen LogP contribution is 2.21. The monoisotopic (exact) mass is 353 g/mol. The molecule has 0 spiro atoms. The van der Waals surface area contributed by atoms with Crippen LogP contribution in [-0.4, -0.2) is 53.3 Å². The van der Waals surface area contributed by atoms with Crippen LogP contribution in [-0.2, 0) is 16.1 Å². The minimum Gasteiger partial charge on any atom is -0.492 e. The minimum absolute atomic E-state index is 0.00719. The van der Waals surface area contributed by atoms with E-state index in [4.69, 9.17) is 4.74 Å². The minimum atomic E-state index is -0.286. The molecule has 6 heteroatoms. The van der Waals surface area contributed by atoms with Gasteiger partial charge in [0.25, 0.3) is 0 Å². The molecule has 6 nitrogen and oxygen atoms in total. The summed E-state index contributed by atoms with van der Waals surface area (Å²) in [7, 11) is 1.76. The van der Waals surface area contributed by atoms with Crippen molar-refractivity contribution in [1.29, 1.82) is 0 Å². The second-order valence-corrected chi connectivity index (χ2v) is 6.45. The van der Waals surface area contributed by atoms with E-state index in [2.05, 4.69) is 4.98 Å². The molecule has 26 heavy (non-hydrogen) atoms. The Hall–Kier alpha value is -2.89. The lowest BCUT2D eigenvalue weighted by molar-refractivity contribution is -0.134. The molecule has 0 bridgehead atoms. The Morgan fingerprint density at radius 3 is 2.69 bits per heavy atom. The van der Waals surface area contributed by atoms with Crippen molar-refractivity contribution in [2.24, 2.45) is 5.92 Å². The summed E-state index contributed by atoms with van der Waals surface area (Å²) in [5.74, 6) is 0.514. The Morgan fingerprint density at radius 1 is 1.23 bits per heavy atom. The predicted molar refractivity (Wildman–Crippen MR) is 97.3 cm³/mol. The van der Waals surface area contributed by atoms with Crippen molar-refractivity contribution in [3.05, 3.63) is 60.4 Å². The highest BCUT2D eigenvalue weighted by molar-refractivity contribution is 5.89. The van der Waals surface area contributed by atoms with Gasteiger partial charge in [0.1, 0.15) is 12.4 Å². The summed E-state index contributed by atoms with van der Waals surface area (Å²) in [5, 5.41) is 0. The van der Waals surface area contributed by atoms with Gasteiger partial charge in [0.2, 0.25) is 11.8 Å². The number of carbonyl (C=O) groups is 2. The first kappa shape index (κ1) is 17.9. The summed E-state index contributed by atoms with van der Waals surface area (Å²) in [6.07, 6.45) is 3.69. The first-order chi connectivity index (χ1) is 12.6. The lowest BCUT2D eigenvalue weighted by Gasteiger charge is -2.21. The molecule has 2 amide bonds. The zero-order valence-electron chi connectivity index (χ0n) is 14.9. The summed E-state index contributed by atoms with van der Waals surface area (Å²) in [5.41, 5.74) is 1.02. The van der Waals surface area contributed by atoms with E-state index in [-0.39, 0.29) is 24.2 Å². The van der Waals surface area contributed by atoms with E-state index in [9.17, 15) is 9.59 Å². The molecule has 1 aliphatic heterocycles. The van der Waals surface area contributed by atoms with Crippen LogP contribution in [0.2, 0.25) is 0 Å². The number of nitrogens with zero attached hydrogens (tertiary/aromatic N) is 3. The summed E-state index contributed by atoms with van der Waals surface area (Å²) in [6, 6.07) is 13.3. The van der Waals surface area contributed by atoms with E-state index in [0.29, 0.717) is 26.2 Å². The second kappa shape index (κ2) is 8.47. The van der Waals surface area contributed by atoms with E-state index >= 15 is 0 Å². The SMILES string of the molecule is CN(CCOc1ccccc1)C(=O)C1CC(=O)N(Cc2ccncc2)C1. The maximum atomic E-state index is 12.6. The molecule has 1 saturated heterocycles. The molecule has 1 unspecified atom stereocenters. The zero-order chi connectivity index (χ0) is 18.4. The van der Waals surface area contributed by atoms with Gasteiger partial charge in [-0.25, -0.2) is 0 Å². The number of para-hydroxylation sites is 1. The van der Waals surface area contributed by atoms with Gasteiger partial charge in [-0.1, -0.05) is 18.2 Å². The van der Waals surface area contributed by atoms with Gasteiger partial charge in [0, 0.05) is 39.0 Å². The van der Waals surface area contributed by atoms with Gasteiger partial charge in [0.05, 0.1) is 12.5 Å². The van der Waals surface area contributed by atoms with Crippen molar-refractivity contribution in [2.45, 2.75) is 13.0 Å². The van der Waals surface area contributed by atoms with Gasteiger partial charge in [-0.3, -0.25) is 14.6 Å². The first-order valence-corrected chi connectivity index (χ1v) is 8.73. The summed E-state index contributed by atoms with van der Waals surface area (Å²) in [6.45, 7) is 1.90. The molecule has 2 aromatic rings. The largest absolute Gasteiger partial charge is 0.492 e. The molecule has 136 valence electrons. The number of hydrogen-bond donors (Lipinski definition) is 0. The molecular formula is C20H23N3O3. The lowest BCUT2D eigenvalue weighted by Crippen LogP contribution is -2.37. The molecule has 1 atom stereocenters. The maximum Gasteiger partial charge on any atom is 0.227 e. The third-order valence-electron chi connectivity index (χ3n) is 4.50. The van der Waals surface area contributed by atoms with Crippen LogP contribution < -0.4 is 4.74 Å².